The van der Waals surface area contributed by atoms with Gasteiger partial charge in [-0.2, -0.15) is 8.78 Å². The zero-order valence-electron chi connectivity index (χ0n) is 19.1. The molecule has 0 radical (unpaired) electrons. The number of carbonyl (C=O) groups is 1. The van der Waals surface area contributed by atoms with Crippen LogP contribution in [0.5, 0.6) is 5.75 Å². The average molecular weight is 484 g/mol. The first-order valence-electron chi connectivity index (χ1n) is 10.6. The highest BCUT2D eigenvalue weighted by molar-refractivity contribution is 8.00. The Hall–Kier alpha value is -3.46. The second-order valence-corrected chi connectivity index (χ2v) is 9.20. The number of halogens is 2. The maximum Gasteiger partial charge on any atom is 0.387 e. The van der Waals surface area contributed by atoms with E-state index in [1.54, 1.807) is 44.3 Å². The van der Waals surface area contributed by atoms with Crippen molar-refractivity contribution < 1.29 is 18.3 Å². The predicted molar refractivity (Wildman–Crippen MR) is 129 cm³/mol. The highest BCUT2D eigenvalue weighted by Crippen LogP contribution is 2.29. The molecule has 2 aromatic heterocycles. The molecule has 0 fully saturated rings. The van der Waals surface area contributed by atoms with Crippen LogP contribution in [-0.2, 0) is 7.05 Å². The van der Waals surface area contributed by atoms with Crippen LogP contribution in [0.25, 0.3) is 16.6 Å². The van der Waals surface area contributed by atoms with Gasteiger partial charge in [0.05, 0.1) is 16.2 Å². The van der Waals surface area contributed by atoms with Gasteiger partial charge in [0.1, 0.15) is 5.75 Å². The molecule has 34 heavy (non-hydrogen) atoms. The fourth-order valence-electron chi connectivity index (χ4n) is 3.92. The van der Waals surface area contributed by atoms with E-state index in [9.17, 15) is 18.4 Å². The molecule has 0 N–H and O–H groups in total. The SMILES string of the molecule is Cc1cc(C(=O)C(C)Sc2nc3ccccc3c(=O)n2C)c(C)n1-c1ccc(OC(F)F)cc1. The first kappa shape index (κ1) is 23.7. The van der Waals surface area contributed by atoms with Crippen LogP contribution in [0, 0.1) is 13.8 Å². The summed E-state index contributed by atoms with van der Waals surface area (Å²) in [6, 6.07) is 15.2. The van der Waals surface area contributed by atoms with Crippen molar-refractivity contribution in [1.29, 1.82) is 0 Å². The summed E-state index contributed by atoms with van der Waals surface area (Å²) in [4.78, 5) is 30.6. The van der Waals surface area contributed by atoms with Crippen LogP contribution in [0.15, 0.2) is 64.5 Å². The maximum absolute atomic E-state index is 13.3. The lowest BCUT2D eigenvalue weighted by Gasteiger charge is -2.14. The first-order valence-corrected chi connectivity index (χ1v) is 11.5. The summed E-state index contributed by atoms with van der Waals surface area (Å²) in [7, 11) is 1.65. The monoisotopic (exact) mass is 483 g/mol. The number of benzene rings is 2. The van der Waals surface area contributed by atoms with E-state index in [2.05, 4.69) is 9.72 Å². The van der Waals surface area contributed by atoms with E-state index in [-0.39, 0.29) is 17.1 Å². The average Bonchev–Trinajstić information content (AvgIpc) is 3.10. The number of para-hydroxylation sites is 1. The molecule has 1 atom stereocenters. The Morgan fingerprint density at radius 2 is 1.76 bits per heavy atom. The van der Waals surface area contributed by atoms with E-state index >= 15 is 0 Å². The van der Waals surface area contributed by atoms with Crippen molar-refractivity contribution in [2.75, 3.05) is 0 Å². The summed E-state index contributed by atoms with van der Waals surface area (Å²) in [6.07, 6.45) is 0. The Kier molecular flexibility index (Phi) is 6.56. The van der Waals surface area contributed by atoms with Crippen molar-refractivity contribution in [3.63, 3.8) is 0 Å². The number of rotatable bonds is 7. The molecule has 4 aromatic rings. The van der Waals surface area contributed by atoms with E-state index < -0.39 is 11.9 Å². The number of aryl methyl sites for hydroxylation is 1. The Labute approximate surface area is 199 Å². The van der Waals surface area contributed by atoms with Crippen LogP contribution >= 0.6 is 11.8 Å². The van der Waals surface area contributed by atoms with Gasteiger partial charge in [0.25, 0.3) is 5.56 Å². The normalized spacial score (nSPS) is 12.3. The Morgan fingerprint density at radius 1 is 1.09 bits per heavy atom. The van der Waals surface area contributed by atoms with Crippen molar-refractivity contribution >= 4 is 28.4 Å². The molecule has 0 amide bonds. The van der Waals surface area contributed by atoms with Crippen molar-refractivity contribution in [2.24, 2.45) is 7.05 Å². The van der Waals surface area contributed by atoms with Gasteiger partial charge in [-0.25, -0.2) is 4.98 Å². The molecule has 0 aliphatic heterocycles. The second kappa shape index (κ2) is 9.42. The number of hydrogen-bond acceptors (Lipinski definition) is 5. The summed E-state index contributed by atoms with van der Waals surface area (Å²) < 4.78 is 32.6. The summed E-state index contributed by atoms with van der Waals surface area (Å²) in [5.41, 5.74) is 3.27. The molecule has 0 saturated carbocycles. The van der Waals surface area contributed by atoms with Gasteiger partial charge < -0.3 is 9.30 Å². The smallest absolute Gasteiger partial charge is 0.387 e. The molecule has 0 saturated heterocycles. The number of thioether (sulfide) groups is 1. The molecule has 0 bridgehead atoms. The molecule has 2 aromatic carbocycles. The zero-order chi connectivity index (χ0) is 24.6. The Balaban J connectivity index is 1.61. The second-order valence-electron chi connectivity index (χ2n) is 7.89. The Bertz CT molecular complexity index is 1430. The van der Waals surface area contributed by atoms with Gasteiger partial charge in [-0.05, 0) is 63.2 Å². The molecule has 176 valence electrons. The molecule has 2 heterocycles. The number of nitrogens with zero attached hydrogens (tertiary/aromatic N) is 3. The van der Waals surface area contributed by atoms with Crippen LogP contribution < -0.4 is 10.3 Å². The molecule has 0 aliphatic rings. The highest BCUT2D eigenvalue weighted by Gasteiger charge is 2.24. The predicted octanol–water partition coefficient (Wildman–Crippen LogP) is 5.31. The molecule has 9 heteroatoms. The van der Waals surface area contributed by atoms with E-state index in [1.807, 2.05) is 30.5 Å². The minimum atomic E-state index is -2.89. The Morgan fingerprint density at radius 3 is 2.44 bits per heavy atom. The molecule has 4 rings (SSSR count). The molecule has 0 spiro atoms. The third-order valence-corrected chi connectivity index (χ3v) is 6.75. The van der Waals surface area contributed by atoms with Gasteiger partial charge in [-0.3, -0.25) is 14.2 Å². The summed E-state index contributed by atoms with van der Waals surface area (Å²) in [6.45, 7) is 2.61. The van der Waals surface area contributed by atoms with Gasteiger partial charge in [-0.15, -0.1) is 0 Å². The quantitative estimate of drug-likeness (QED) is 0.203. The van der Waals surface area contributed by atoms with Crippen molar-refractivity contribution in [3.8, 4) is 11.4 Å². The summed E-state index contributed by atoms with van der Waals surface area (Å²) >= 11 is 1.23. The van der Waals surface area contributed by atoms with E-state index in [0.29, 0.717) is 21.6 Å². The third kappa shape index (κ3) is 4.48. The first-order chi connectivity index (χ1) is 16.2. The minimum Gasteiger partial charge on any atom is -0.435 e. The summed E-state index contributed by atoms with van der Waals surface area (Å²) in [5, 5.41) is 0.504. The summed E-state index contributed by atoms with van der Waals surface area (Å²) in [5.74, 6) is -0.0274. The van der Waals surface area contributed by atoms with Gasteiger partial charge in [-0.1, -0.05) is 23.9 Å². The number of alkyl halides is 2. The standard InChI is InChI=1S/C25H23F2N3O3S/c1-14-13-20(15(2)30(14)17-9-11-18(12-10-17)33-24(26)27)22(31)16(3)34-25-28-21-8-6-5-7-19(21)23(32)29(25)4/h5-13,16,24H,1-4H3. The lowest BCUT2D eigenvalue weighted by atomic mass is 10.1. The molecule has 1 unspecified atom stereocenters. The fraction of sp³-hybridized carbons (Fsp3) is 0.240. The van der Waals surface area contributed by atoms with Crippen molar-refractivity contribution in [3.05, 3.63) is 81.9 Å². The topological polar surface area (TPSA) is 66.1 Å². The number of ketones is 1. The largest absolute Gasteiger partial charge is 0.435 e. The zero-order valence-corrected chi connectivity index (χ0v) is 19.9. The minimum absolute atomic E-state index is 0.0658. The lowest BCUT2D eigenvalue weighted by Crippen LogP contribution is -2.22. The van der Waals surface area contributed by atoms with Crippen LogP contribution in [0.4, 0.5) is 8.78 Å². The van der Waals surface area contributed by atoms with Crippen molar-refractivity contribution in [1.82, 2.24) is 14.1 Å². The number of Topliss-reactive ketones (excluding diaryl/α,β-unsaturated/α-hetero) is 1. The van der Waals surface area contributed by atoms with Gasteiger partial charge in [0, 0.05) is 29.7 Å². The van der Waals surface area contributed by atoms with E-state index in [1.165, 1.54) is 28.5 Å². The number of aromatic nitrogens is 3. The van der Waals surface area contributed by atoms with Crippen LogP contribution in [0.2, 0.25) is 0 Å². The fourth-order valence-corrected chi connectivity index (χ4v) is 4.86. The number of hydrogen-bond donors (Lipinski definition) is 0. The van der Waals surface area contributed by atoms with E-state index in [0.717, 1.165) is 17.1 Å². The van der Waals surface area contributed by atoms with Gasteiger partial charge in [0.15, 0.2) is 10.9 Å². The molecule has 0 aliphatic carbocycles. The number of ether oxygens (including phenoxy) is 1. The van der Waals surface area contributed by atoms with Crippen LogP contribution in [0.3, 0.4) is 0 Å². The highest BCUT2D eigenvalue weighted by atomic mass is 32.2. The maximum atomic E-state index is 13.3. The molecular formula is C25H23F2N3O3S. The van der Waals surface area contributed by atoms with Crippen molar-refractivity contribution in [2.45, 2.75) is 37.8 Å². The third-order valence-electron chi connectivity index (χ3n) is 5.61. The number of fused-ring (bicyclic) bond motifs is 1. The lowest BCUT2D eigenvalue weighted by molar-refractivity contribution is -0.0498. The van der Waals surface area contributed by atoms with Crippen LogP contribution in [0.1, 0.15) is 28.7 Å². The van der Waals surface area contributed by atoms with Gasteiger partial charge >= 0.3 is 6.61 Å². The van der Waals surface area contributed by atoms with Crippen LogP contribution in [-0.4, -0.2) is 31.8 Å². The molecule has 6 nitrogen and oxygen atoms in total. The van der Waals surface area contributed by atoms with Gasteiger partial charge in [0.2, 0.25) is 0 Å². The molecular weight excluding hydrogens is 460 g/mol. The number of carbonyl (C=O) groups excluding carboxylic acids is 1. The van der Waals surface area contributed by atoms with E-state index in [4.69, 9.17) is 0 Å².